The minimum Gasteiger partial charge on any atom is -0.372 e. The predicted molar refractivity (Wildman–Crippen MR) is 65.1 cm³/mol. The molecule has 1 aromatic carbocycles. The summed E-state index contributed by atoms with van der Waals surface area (Å²) in [5.74, 6) is 0.0578. The number of nitrogens with one attached hydrogen (secondary N) is 2. The molecule has 0 saturated heterocycles. The van der Waals surface area contributed by atoms with Crippen molar-refractivity contribution >= 4 is 33.2 Å². The van der Waals surface area contributed by atoms with Crippen LogP contribution in [0.3, 0.4) is 0 Å². The number of rotatable bonds is 2. The molecule has 0 aromatic heterocycles. The molecule has 0 radical (unpaired) electrons. The summed E-state index contributed by atoms with van der Waals surface area (Å²) in [4.78, 5) is 11.7. The van der Waals surface area contributed by atoms with Gasteiger partial charge in [-0.1, -0.05) is 29.3 Å². The van der Waals surface area contributed by atoms with Crippen LogP contribution in [0.4, 0.5) is 11.4 Å². The lowest BCUT2D eigenvalue weighted by Gasteiger charge is -2.26. The Morgan fingerprint density at radius 2 is 2.20 bits per heavy atom. The van der Waals surface area contributed by atoms with Gasteiger partial charge < -0.3 is 10.6 Å². The highest BCUT2D eigenvalue weighted by Gasteiger charge is 2.24. The summed E-state index contributed by atoms with van der Waals surface area (Å²) in [6.45, 7) is 2.08. The van der Waals surface area contributed by atoms with Crippen molar-refractivity contribution in [3.63, 3.8) is 0 Å². The van der Waals surface area contributed by atoms with Crippen molar-refractivity contribution in [3.05, 3.63) is 22.7 Å². The first-order valence-corrected chi connectivity index (χ1v) is 5.87. The Kier molecular flexibility index (Phi) is 2.95. The van der Waals surface area contributed by atoms with E-state index in [2.05, 4.69) is 33.5 Å². The van der Waals surface area contributed by atoms with Gasteiger partial charge in [0.05, 0.1) is 11.4 Å². The van der Waals surface area contributed by atoms with Gasteiger partial charge in [0, 0.05) is 4.47 Å². The zero-order chi connectivity index (χ0) is 10.8. The van der Waals surface area contributed by atoms with Crippen molar-refractivity contribution in [2.24, 2.45) is 0 Å². The number of amides is 1. The third-order valence-electron chi connectivity index (χ3n) is 2.46. The van der Waals surface area contributed by atoms with Crippen molar-refractivity contribution in [1.29, 1.82) is 0 Å². The van der Waals surface area contributed by atoms with Crippen molar-refractivity contribution in [1.82, 2.24) is 0 Å². The van der Waals surface area contributed by atoms with Crippen LogP contribution in [-0.4, -0.2) is 11.9 Å². The number of fused-ring (bicyclic) bond motifs is 1. The smallest absolute Gasteiger partial charge is 0.246 e. The van der Waals surface area contributed by atoms with Crippen LogP contribution in [0.25, 0.3) is 0 Å². The van der Waals surface area contributed by atoms with Crippen molar-refractivity contribution in [2.45, 2.75) is 25.8 Å². The van der Waals surface area contributed by atoms with Crippen LogP contribution in [-0.2, 0) is 4.79 Å². The standard InChI is InChI=1S/C11H13BrN2O/c1-2-3-9-11(15)14-10-6-7(12)4-5-8(10)13-9/h4-6,9,13H,2-3H2,1H3,(H,14,15). The summed E-state index contributed by atoms with van der Waals surface area (Å²) in [6.07, 6.45) is 1.86. The Bertz CT molecular complexity index is 392. The molecular weight excluding hydrogens is 256 g/mol. The van der Waals surface area contributed by atoms with Gasteiger partial charge in [0.25, 0.3) is 0 Å². The van der Waals surface area contributed by atoms with Crippen LogP contribution in [0, 0.1) is 0 Å². The van der Waals surface area contributed by atoms with Crippen molar-refractivity contribution < 1.29 is 4.79 Å². The Balaban J connectivity index is 2.26. The Morgan fingerprint density at radius 3 is 2.93 bits per heavy atom. The van der Waals surface area contributed by atoms with Crippen molar-refractivity contribution in [3.8, 4) is 0 Å². The van der Waals surface area contributed by atoms with Crippen LogP contribution < -0.4 is 10.6 Å². The third-order valence-corrected chi connectivity index (χ3v) is 2.96. The van der Waals surface area contributed by atoms with Crippen LogP contribution in [0.15, 0.2) is 22.7 Å². The molecule has 2 rings (SSSR count). The van der Waals surface area contributed by atoms with Crippen LogP contribution in [0.5, 0.6) is 0 Å². The van der Waals surface area contributed by atoms with Gasteiger partial charge in [-0.3, -0.25) is 4.79 Å². The second kappa shape index (κ2) is 4.23. The molecule has 15 heavy (non-hydrogen) atoms. The predicted octanol–water partition coefficient (Wildman–Crippen LogP) is 2.98. The van der Waals surface area contributed by atoms with E-state index in [0.29, 0.717) is 0 Å². The minimum atomic E-state index is -0.0938. The zero-order valence-corrected chi connectivity index (χ0v) is 10.1. The number of anilines is 2. The maximum absolute atomic E-state index is 11.7. The number of benzene rings is 1. The van der Waals surface area contributed by atoms with Crippen LogP contribution in [0.2, 0.25) is 0 Å². The normalized spacial score (nSPS) is 19.1. The fourth-order valence-corrected chi connectivity index (χ4v) is 2.07. The van der Waals surface area contributed by atoms with Crippen LogP contribution in [0.1, 0.15) is 19.8 Å². The molecule has 1 heterocycles. The number of hydrogen-bond acceptors (Lipinski definition) is 2. The summed E-state index contributed by atoms with van der Waals surface area (Å²) in [5.41, 5.74) is 1.85. The van der Waals surface area contributed by atoms with E-state index in [0.717, 1.165) is 28.7 Å². The van der Waals surface area contributed by atoms with E-state index in [9.17, 15) is 4.79 Å². The second-order valence-electron chi connectivity index (χ2n) is 3.66. The monoisotopic (exact) mass is 268 g/mol. The number of carbonyl (C=O) groups excluding carboxylic acids is 1. The summed E-state index contributed by atoms with van der Waals surface area (Å²) >= 11 is 3.38. The molecule has 4 heteroatoms. The van der Waals surface area contributed by atoms with Gasteiger partial charge in [-0.25, -0.2) is 0 Å². The molecule has 80 valence electrons. The molecule has 1 aromatic rings. The molecule has 1 aliphatic heterocycles. The van der Waals surface area contributed by atoms with Gasteiger partial charge in [-0.15, -0.1) is 0 Å². The molecule has 1 amide bonds. The first-order valence-electron chi connectivity index (χ1n) is 5.07. The fourth-order valence-electron chi connectivity index (χ4n) is 1.71. The highest BCUT2D eigenvalue weighted by molar-refractivity contribution is 9.10. The van der Waals surface area contributed by atoms with Gasteiger partial charge in [0.15, 0.2) is 0 Å². The molecule has 1 unspecified atom stereocenters. The molecule has 0 fully saturated rings. The average Bonchev–Trinajstić information content (AvgIpc) is 2.20. The molecule has 0 bridgehead atoms. The van der Waals surface area contributed by atoms with E-state index in [1.807, 2.05) is 18.2 Å². The largest absolute Gasteiger partial charge is 0.372 e. The number of carbonyl (C=O) groups is 1. The molecule has 0 aliphatic carbocycles. The van der Waals surface area contributed by atoms with Gasteiger partial charge >= 0.3 is 0 Å². The molecular formula is C11H13BrN2O. The lowest BCUT2D eigenvalue weighted by molar-refractivity contribution is -0.117. The van der Waals surface area contributed by atoms with Crippen molar-refractivity contribution in [2.75, 3.05) is 10.6 Å². The lowest BCUT2D eigenvalue weighted by atomic mass is 10.1. The summed E-state index contributed by atoms with van der Waals surface area (Å²) < 4.78 is 0.970. The summed E-state index contributed by atoms with van der Waals surface area (Å²) in [5, 5.41) is 6.15. The quantitative estimate of drug-likeness (QED) is 0.866. The second-order valence-corrected chi connectivity index (χ2v) is 4.58. The molecule has 1 aliphatic rings. The van der Waals surface area contributed by atoms with Crippen LogP contribution >= 0.6 is 15.9 Å². The highest BCUT2D eigenvalue weighted by atomic mass is 79.9. The number of halogens is 1. The van der Waals surface area contributed by atoms with Gasteiger partial charge in [0.2, 0.25) is 5.91 Å². The maximum Gasteiger partial charge on any atom is 0.246 e. The minimum absolute atomic E-state index is 0.0578. The molecule has 2 N–H and O–H groups in total. The van der Waals surface area contributed by atoms with Gasteiger partial charge in [-0.2, -0.15) is 0 Å². The Hall–Kier alpha value is -1.03. The zero-order valence-electron chi connectivity index (χ0n) is 8.51. The average molecular weight is 269 g/mol. The topological polar surface area (TPSA) is 41.1 Å². The molecule has 3 nitrogen and oxygen atoms in total. The van der Waals surface area contributed by atoms with Gasteiger partial charge in [0.1, 0.15) is 6.04 Å². The first-order chi connectivity index (χ1) is 7.20. The van der Waals surface area contributed by atoms with E-state index in [-0.39, 0.29) is 11.9 Å². The highest BCUT2D eigenvalue weighted by Crippen LogP contribution is 2.30. The van der Waals surface area contributed by atoms with E-state index in [1.165, 1.54) is 0 Å². The SMILES string of the molecule is CCCC1Nc2ccc(Br)cc2NC1=O. The van der Waals surface area contributed by atoms with E-state index in [1.54, 1.807) is 0 Å². The summed E-state index contributed by atoms with van der Waals surface area (Å²) in [6, 6.07) is 5.75. The maximum atomic E-state index is 11.7. The Morgan fingerprint density at radius 1 is 1.40 bits per heavy atom. The van der Waals surface area contributed by atoms with Gasteiger partial charge in [-0.05, 0) is 24.6 Å². The fraction of sp³-hybridized carbons (Fsp3) is 0.364. The molecule has 1 atom stereocenters. The van der Waals surface area contributed by atoms with E-state index in [4.69, 9.17) is 0 Å². The number of hydrogen-bond donors (Lipinski definition) is 2. The summed E-state index contributed by atoms with van der Waals surface area (Å²) in [7, 11) is 0. The van der Waals surface area contributed by atoms with E-state index < -0.39 is 0 Å². The molecule has 0 saturated carbocycles. The molecule has 0 spiro atoms. The lowest BCUT2D eigenvalue weighted by Crippen LogP contribution is -2.38. The Labute approximate surface area is 97.4 Å². The first kappa shape index (κ1) is 10.5. The van der Waals surface area contributed by atoms with E-state index >= 15 is 0 Å². The third kappa shape index (κ3) is 2.15.